The summed E-state index contributed by atoms with van der Waals surface area (Å²) in [6.07, 6.45) is 3.51. The van der Waals surface area contributed by atoms with Crippen molar-refractivity contribution >= 4 is 43.4 Å². The van der Waals surface area contributed by atoms with Crippen LogP contribution in [0.15, 0.2) is 85.2 Å². The van der Waals surface area contributed by atoms with Gasteiger partial charge >= 0.3 is 0 Å². The second-order valence-corrected chi connectivity index (χ2v) is 7.94. The Bertz CT molecular complexity index is 1510. The predicted octanol–water partition coefficient (Wildman–Crippen LogP) is 6.80. The van der Waals surface area contributed by atoms with Gasteiger partial charge in [0.15, 0.2) is 0 Å². The molecule has 0 aliphatic rings. The Balaban J connectivity index is 0.000000152. The summed E-state index contributed by atoms with van der Waals surface area (Å²) in [5, 5.41) is 26.1. The van der Waals surface area contributed by atoms with E-state index in [1.807, 2.05) is 86.6 Å². The summed E-state index contributed by atoms with van der Waals surface area (Å²) in [4.78, 5) is 8.70. The first-order valence-corrected chi connectivity index (χ1v) is 10.5. The van der Waals surface area contributed by atoms with E-state index in [2.05, 4.69) is 9.97 Å². The van der Waals surface area contributed by atoms with Crippen molar-refractivity contribution in [3.05, 3.63) is 96.3 Å². The van der Waals surface area contributed by atoms with Crippen molar-refractivity contribution < 1.29 is 29.7 Å². The van der Waals surface area contributed by atoms with Crippen molar-refractivity contribution in [2.75, 3.05) is 0 Å². The van der Waals surface area contributed by atoms with Gasteiger partial charge < -0.3 is 10.2 Å². The average Bonchev–Trinajstić information content (AvgIpc) is 2.83. The molecule has 0 saturated carbocycles. The third-order valence-electron chi connectivity index (χ3n) is 5.86. The van der Waals surface area contributed by atoms with Gasteiger partial charge in [0, 0.05) is 42.6 Å². The fourth-order valence-electron chi connectivity index (χ4n) is 4.08. The molecule has 0 saturated heterocycles. The Kier molecular flexibility index (Phi) is 6.26. The monoisotopic (exact) mass is 482 g/mol. The summed E-state index contributed by atoms with van der Waals surface area (Å²) >= 11 is 0. The minimum absolute atomic E-state index is 0. The fraction of sp³-hybridized carbons (Fsp3) is 0.0714. The molecule has 2 N–H and O–H groups in total. The molecule has 4 aromatic carbocycles. The summed E-state index contributed by atoms with van der Waals surface area (Å²) in [7, 11) is 0. The SMILES string of the molecule is Cc1ccc2ccc3cccnc3c2c1O.Cc1ccc2ccc3cccnc3c2c1O.[Zn]. The van der Waals surface area contributed by atoms with E-state index in [9.17, 15) is 10.2 Å². The quantitative estimate of drug-likeness (QED) is 0.184. The first kappa shape index (κ1) is 22.6. The van der Waals surface area contributed by atoms with Gasteiger partial charge in [-0.1, -0.05) is 60.7 Å². The summed E-state index contributed by atoms with van der Waals surface area (Å²) in [6, 6.07) is 23.8. The van der Waals surface area contributed by atoms with Crippen molar-refractivity contribution in [1.29, 1.82) is 0 Å². The number of aromatic hydroxyl groups is 2. The number of aromatic nitrogens is 2. The molecule has 0 bridgehead atoms. The molecule has 0 fully saturated rings. The Morgan fingerprint density at radius 3 is 1.30 bits per heavy atom. The van der Waals surface area contributed by atoms with Crippen LogP contribution in [0.1, 0.15) is 11.1 Å². The third-order valence-corrected chi connectivity index (χ3v) is 5.86. The number of hydrogen-bond acceptors (Lipinski definition) is 4. The fourth-order valence-corrected chi connectivity index (χ4v) is 4.08. The molecule has 0 atom stereocenters. The van der Waals surface area contributed by atoms with Crippen LogP contribution in [0.3, 0.4) is 0 Å². The Labute approximate surface area is 204 Å². The molecule has 2 heterocycles. The Morgan fingerprint density at radius 2 is 0.879 bits per heavy atom. The van der Waals surface area contributed by atoms with Crippen molar-refractivity contribution in [1.82, 2.24) is 9.97 Å². The average molecular weight is 484 g/mol. The van der Waals surface area contributed by atoms with Crippen molar-refractivity contribution in [3.63, 3.8) is 0 Å². The predicted molar refractivity (Wildman–Crippen MR) is 131 cm³/mol. The molecular weight excluding hydrogens is 462 g/mol. The van der Waals surface area contributed by atoms with E-state index in [1.54, 1.807) is 12.4 Å². The summed E-state index contributed by atoms with van der Waals surface area (Å²) < 4.78 is 0. The number of benzene rings is 4. The number of fused-ring (bicyclic) bond motifs is 6. The zero-order valence-corrected chi connectivity index (χ0v) is 21.5. The van der Waals surface area contributed by atoms with E-state index in [4.69, 9.17) is 0 Å². The standard InChI is InChI=1S/2C14H11NO.Zn/c2*1-9-4-5-10-6-7-11-3-2-8-15-13(11)12(10)14(9)16;/h2*2-8,16H,1H3;. The number of aryl methyl sites for hydroxylation is 2. The van der Waals surface area contributed by atoms with Crippen LogP contribution in [-0.2, 0) is 19.5 Å². The number of phenolic OH excluding ortho intramolecular Hbond substituents is 2. The van der Waals surface area contributed by atoms with Crippen molar-refractivity contribution in [3.8, 4) is 11.5 Å². The second-order valence-electron chi connectivity index (χ2n) is 7.94. The first-order valence-electron chi connectivity index (χ1n) is 10.5. The number of phenols is 2. The normalized spacial score (nSPS) is 10.7. The molecule has 6 aromatic rings. The smallest absolute Gasteiger partial charge is 0.128 e. The number of pyridine rings is 2. The van der Waals surface area contributed by atoms with Crippen LogP contribution in [0, 0.1) is 13.8 Å². The Morgan fingerprint density at radius 1 is 0.515 bits per heavy atom. The van der Waals surface area contributed by atoms with Crippen LogP contribution in [0.2, 0.25) is 0 Å². The van der Waals surface area contributed by atoms with E-state index < -0.39 is 0 Å². The van der Waals surface area contributed by atoms with Crippen LogP contribution in [0.4, 0.5) is 0 Å². The molecule has 0 aliphatic carbocycles. The van der Waals surface area contributed by atoms with Gasteiger partial charge in [-0.15, -0.1) is 0 Å². The number of nitrogens with zero attached hydrogens (tertiary/aromatic N) is 2. The maximum absolute atomic E-state index is 10.1. The van der Waals surface area contributed by atoms with Gasteiger partial charge in [-0.3, -0.25) is 9.97 Å². The van der Waals surface area contributed by atoms with E-state index >= 15 is 0 Å². The molecule has 2 aromatic heterocycles. The van der Waals surface area contributed by atoms with Gasteiger partial charge in [0.2, 0.25) is 0 Å². The van der Waals surface area contributed by atoms with Gasteiger partial charge in [-0.05, 0) is 47.9 Å². The molecule has 0 aliphatic heterocycles. The van der Waals surface area contributed by atoms with E-state index in [0.29, 0.717) is 11.5 Å². The topological polar surface area (TPSA) is 66.2 Å². The molecule has 5 heteroatoms. The number of rotatable bonds is 0. The van der Waals surface area contributed by atoms with Gasteiger partial charge in [0.05, 0.1) is 21.8 Å². The van der Waals surface area contributed by atoms with E-state index in [0.717, 1.165) is 54.5 Å². The summed E-state index contributed by atoms with van der Waals surface area (Å²) in [5.74, 6) is 0.670. The molecular formula is C28H22N2O2Zn. The molecule has 6 rings (SSSR count). The van der Waals surface area contributed by atoms with Gasteiger partial charge in [0.25, 0.3) is 0 Å². The van der Waals surface area contributed by atoms with Crippen molar-refractivity contribution in [2.45, 2.75) is 13.8 Å². The van der Waals surface area contributed by atoms with Gasteiger partial charge in [0.1, 0.15) is 11.5 Å². The van der Waals surface area contributed by atoms with E-state index in [1.165, 1.54) is 0 Å². The van der Waals surface area contributed by atoms with Crippen LogP contribution in [-0.4, -0.2) is 20.2 Å². The van der Waals surface area contributed by atoms with Gasteiger partial charge in [-0.2, -0.15) is 0 Å². The zero-order valence-electron chi connectivity index (χ0n) is 18.6. The van der Waals surface area contributed by atoms with Crippen LogP contribution in [0.5, 0.6) is 11.5 Å². The zero-order chi connectivity index (χ0) is 22.2. The van der Waals surface area contributed by atoms with E-state index in [-0.39, 0.29) is 19.5 Å². The first-order chi connectivity index (χ1) is 15.5. The van der Waals surface area contributed by atoms with Crippen LogP contribution >= 0.6 is 0 Å². The number of hydrogen-bond donors (Lipinski definition) is 2. The largest absolute Gasteiger partial charge is 0.507 e. The molecule has 0 spiro atoms. The molecule has 4 nitrogen and oxygen atoms in total. The molecule has 0 radical (unpaired) electrons. The third kappa shape index (κ3) is 4.01. The maximum Gasteiger partial charge on any atom is 0.128 e. The van der Waals surface area contributed by atoms with Crippen LogP contribution < -0.4 is 0 Å². The molecule has 0 amide bonds. The summed E-state index contributed by atoms with van der Waals surface area (Å²) in [6.45, 7) is 3.80. The minimum Gasteiger partial charge on any atom is -0.507 e. The molecule has 33 heavy (non-hydrogen) atoms. The minimum atomic E-state index is 0. The Hall–Kier alpha value is -3.56. The van der Waals surface area contributed by atoms with Crippen LogP contribution in [0.25, 0.3) is 43.4 Å². The van der Waals surface area contributed by atoms with Gasteiger partial charge in [-0.25, -0.2) is 0 Å². The second kappa shape index (κ2) is 9.13. The maximum atomic E-state index is 10.1. The summed E-state index contributed by atoms with van der Waals surface area (Å²) in [5.41, 5.74) is 3.48. The molecule has 158 valence electrons. The molecule has 0 unspecified atom stereocenters. The van der Waals surface area contributed by atoms with Crippen molar-refractivity contribution in [2.24, 2.45) is 0 Å².